The van der Waals surface area contributed by atoms with E-state index in [4.69, 9.17) is 5.41 Å². The summed E-state index contributed by atoms with van der Waals surface area (Å²) in [6, 6.07) is 7.81. The van der Waals surface area contributed by atoms with Gasteiger partial charge in [0, 0.05) is 56.7 Å². The van der Waals surface area contributed by atoms with Crippen molar-refractivity contribution in [2.75, 3.05) is 24.3 Å². The maximum absolute atomic E-state index is 11.3. The number of rotatable bonds is 6. The molecule has 0 bridgehead atoms. The van der Waals surface area contributed by atoms with Crippen molar-refractivity contribution in [2.45, 2.75) is 0 Å². The van der Waals surface area contributed by atoms with Crippen molar-refractivity contribution < 1.29 is 4.79 Å². The molecule has 2 aromatic heterocycles. The first-order valence-electron chi connectivity index (χ1n) is 8.26. The molecular weight excluding hydrogens is 342 g/mol. The first-order valence-corrected chi connectivity index (χ1v) is 8.26. The number of hydrogen-bond donors (Lipinski definition) is 2. The number of nitrogens with zero attached hydrogens (tertiary/aromatic N) is 5. The molecule has 2 N–H and O–H groups in total. The molecule has 0 aliphatic rings. The lowest BCUT2D eigenvalue weighted by Crippen LogP contribution is -2.23. The zero-order valence-corrected chi connectivity index (χ0v) is 15.5. The number of anilines is 3. The minimum absolute atomic E-state index is 0.124. The largest absolute Gasteiger partial charge is 0.378 e. The maximum atomic E-state index is 11.3. The van der Waals surface area contributed by atoms with Gasteiger partial charge in [-0.1, -0.05) is 12.6 Å². The molecule has 0 unspecified atom stereocenters. The van der Waals surface area contributed by atoms with Gasteiger partial charge in [-0.3, -0.25) is 19.5 Å². The van der Waals surface area contributed by atoms with Crippen molar-refractivity contribution in [2.24, 2.45) is 7.05 Å². The van der Waals surface area contributed by atoms with Gasteiger partial charge in [0.05, 0.1) is 5.70 Å². The van der Waals surface area contributed by atoms with Crippen molar-refractivity contribution in [1.82, 2.24) is 19.3 Å². The van der Waals surface area contributed by atoms with Crippen LogP contribution in [0.4, 0.5) is 17.2 Å². The molecule has 0 atom stereocenters. The number of hydrogen-bond acceptors (Lipinski definition) is 6. The highest BCUT2D eigenvalue weighted by atomic mass is 16.1. The van der Waals surface area contributed by atoms with E-state index in [1.54, 1.807) is 34.9 Å². The van der Waals surface area contributed by atoms with Crippen LogP contribution in [0.5, 0.6) is 0 Å². The summed E-state index contributed by atoms with van der Waals surface area (Å²) in [5.41, 5.74) is 3.30. The standard InChI is InChI=1S/C19H21N7O/c1-13(16-11-25(4)23-17(16)12-27)26-9-8-21-19(18(26)20)22-14-6-5-7-15(10-14)24(2)3/h5-12,20H,1H2,2-4H3,(H,21,22). The molecule has 3 aromatic rings. The van der Waals surface area contributed by atoms with Gasteiger partial charge in [-0.2, -0.15) is 5.10 Å². The van der Waals surface area contributed by atoms with Crippen LogP contribution in [0.15, 0.2) is 49.4 Å². The third-order valence-corrected chi connectivity index (χ3v) is 4.08. The summed E-state index contributed by atoms with van der Waals surface area (Å²) in [7, 11) is 5.66. The summed E-state index contributed by atoms with van der Waals surface area (Å²) in [6.45, 7) is 4.03. The van der Waals surface area contributed by atoms with Crippen LogP contribution < -0.4 is 15.7 Å². The fourth-order valence-electron chi connectivity index (χ4n) is 2.68. The average molecular weight is 363 g/mol. The molecule has 0 aliphatic carbocycles. The van der Waals surface area contributed by atoms with E-state index in [1.165, 1.54) is 0 Å². The lowest BCUT2D eigenvalue weighted by Gasteiger charge is -2.15. The SMILES string of the molecule is C=C(c1cn(C)nc1C=O)n1ccnc(Nc2cccc(N(C)C)c2)c1=N. The van der Waals surface area contributed by atoms with Gasteiger partial charge in [0.1, 0.15) is 5.69 Å². The van der Waals surface area contributed by atoms with Gasteiger partial charge >= 0.3 is 0 Å². The number of carbonyl (C=O) groups is 1. The van der Waals surface area contributed by atoms with Gasteiger partial charge in [0.2, 0.25) is 0 Å². The first-order chi connectivity index (χ1) is 12.9. The molecule has 3 rings (SSSR count). The molecule has 27 heavy (non-hydrogen) atoms. The Balaban J connectivity index is 1.97. The number of benzene rings is 1. The van der Waals surface area contributed by atoms with Crippen LogP contribution in [0.3, 0.4) is 0 Å². The summed E-state index contributed by atoms with van der Waals surface area (Å²) in [5.74, 6) is 0.381. The molecule has 0 aliphatic heterocycles. The second-order valence-corrected chi connectivity index (χ2v) is 6.23. The fourth-order valence-corrected chi connectivity index (χ4v) is 2.68. The van der Waals surface area contributed by atoms with E-state index in [2.05, 4.69) is 22.0 Å². The third-order valence-electron chi connectivity index (χ3n) is 4.08. The predicted octanol–water partition coefficient (Wildman–Crippen LogP) is 2.24. The second kappa shape index (κ2) is 7.28. The van der Waals surface area contributed by atoms with E-state index in [9.17, 15) is 4.79 Å². The number of aromatic nitrogens is 4. The minimum atomic E-state index is 0.124. The quantitative estimate of drug-likeness (QED) is 0.655. The zero-order valence-electron chi connectivity index (χ0n) is 15.5. The number of aryl methyl sites for hydroxylation is 1. The third kappa shape index (κ3) is 3.64. The highest BCUT2D eigenvalue weighted by molar-refractivity contribution is 5.82. The topological polar surface area (TPSA) is 91.8 Å². The summed E-state index contributed by atoms with van der Waals surface area (Å²) in [6.07, 6.45) is 5.59. The van der Waals surface area contributed by atoms with Crippen molar-refractivity contribution in [1.29, 1.82) is 5.41 Å². The normalized spacial score (nSPS) is 10.5. The van der Waals surface area contributed by atoms with Gasteiger partial charge in [-0.05, 0) is 18.2 Å². The summed E-state index contributed by atoms with van der Waals surface area (Å²) in [5, 5.41) is 15.8. The smallest absolute Gasteiger partial charge is 0.173 e. The van der Waals surface area contributed by atoms with Crippen molar-refractivity contribution >= 4 is 29.2 Å². The molecule has 8 nitrogen and oxygen atoms in total. The molecule has 1 aromatic carbocycles. The maximum Gasteiger partial charge on any atom is 0.173 e. The molecule has 138 valence electrons. The van der Waals surface area contributed by atoms with Crippen molar-refractivity contribution in [3.8, 4) is 0 Å². The monoisotopic (exact) mass is 363 g/mol. The van der Waals surface area contributed by atoms with Gasteiger partial charge < -0.3 is 10.2 Å². The Kier molecular flexibility index (Phi) is 4.89. The summed E-state index contributed by atoms with van der Waals surface area (Å²) in [4.78, 5) is 17.5. The Hall–Kier alpha value is -3.68. The molecular formula is C19H21N7O. The van der Waals surface area contributed by atoms with Crippen LogP contribution >= 0.6 is 0 Å². The van der Waals surface area contributed by atoms with Crippen LogP contribution in [-0.4, -0.2) is 39.7 Å². The average Bonchev–Trinajstić information content (AvgIpc) is 3.04. The van der Waals surface area contributed by atoms with Gasteiger partial charge in [-0.15, -0.1) is 0 Å². The van der Waals surface area contributed by atoms with Crippen molar-refractivity contribution in [3.05, 3.63) is 66.2 Å². The van der Waals surface area contributed by atoms with Crippen LogP contribution in [0.25, 0.3) is 5.70 Å². The Morgan fingerprint density at radius 2 is 2.15 bits per heavy atom. The number of nitrogens with one attached hydrogen (secondary N) is 2. The summed E-state index contributed by atoms with van der Waals surface area (Å²) >= 11 is 0. The Labute approximate surface area is 156 Å². The van der Waals surface area contributed by atoms with E-state index < -0.39 is 0 Å². The van der Waals surface area contributed by atoms with E-state index in [1.807, 2.05) is 43.3 Å². The van der Waals surface area contributed by atoms with Gasteiger partial charge in [-0.25, -0.2) is 4.98 Å². The lowest BCUT2D eigenvalue weighted by atomic mass is 10.2. The molecule has 0 fully saturated rings. The Morgan fingerprint density at radius 1 is 1.37 bits per heavy atom. The molecule has 0 saturated heterocycles. The van der Waals surface area contributed by atoms with Crippen LogP contribution in [0.2, 0.25) is 0 Å². The molecule has 2 heterocycles. The molecule has 8 heteroatoms. The van der Waals surface area contributed by atoms with Gasteiger partial charge in [0.25, 0.3) is 0 Å². The van der Waals surface area contributed by atoms with Crippen LogP contribution in [-0.2, 0) is 7.05 Å². The van der Waals surface area contributed by atoms with Crippen LogP contribution in [0.1, 0.15) is 16.1 Å². The lowest BCUT2D eigenvalue weighted by molar-refractivity contribution is 0.111. The highest BCUT2D eigenvalue weighted by Gasteiger charge is 2.13. The van der Waals surface area contributed by atoms with E-state index in [-0.39, 0.29) is 11.2 Å². The Morgan fingerprint density at radius 3 is 2.85 bits per heavy atom. The molecule has 0 saturated carbocycles. The second-order valence-electron chi connectivity index (χ2n) is 6.23. The van der Waals surface area contributed by atoms with E-state index in [0.717, 1.165) is 11.4 Å². The number of carbonyl (C=O) groups excluding carboxylic acids is 1. The minimum Gasteiger partial charge on any atom is -0.378 e. The Bertz CT molecular complexity index is 1060. The molecule has 0 radical (unpaired) electrons. The fraction of sp³-hybridized carbons (Fsp3) is 0.158. The van der Waals surface area contributed by atoms with E-state index in [0.29, 0.717) is 23.4 Å². The first kappa shape index (κ1) is 18.1. The van der Waals surface area contributed by atoms with Crippen LogP contribution in [0, 0.1) is 5.41 Å². The predicted molar refractivity (Wildman–Crippen MR) is 105 cm³/mol. The van der Waals surface area contributed by atoms with Gasteiger partial charge in [0.15, 0.2) is 17.6 Å². The summed E-state index contributed by atoms with van der Waals surface area (Å²) < 4.78 is 3.11. The molecule has 0 amide bonds. The molecule has 0 spiro atoms. The van der Waals surface area contributed by atoms with E-state index >= 15 is 0 Å². The number of aldehydes is 1. The highest BCUT2D eigenvalue weighted by Crippen LogP contribution is 2.20. The zero-order chi connectivity index (χ0) is 19.6. The van der Waals surface area contributed by atoms with Crippen molar-refractivity contribution in [3.63, 3.8) is 0 Å².